The lowest BCUT2D eigenvalue weighted by molar-refractivity contribution is 0.550. The Bertz CT molecular complexity index is 778. The predicted octanol–water partition coefficient (Wildman–Crippen LogP) is 1.68. The van der Waals surface area contributed by atoms with Gasteiger partial charge < -0.3 is 15.1 Å². The topological polar surface area (TPSA) is 83.7 Å². The fourth-order valence-corrected chi connectivity index (χ4v) is 4.37. The second kappa shape index (κ2) is 6.62. The van der Waals surface area contributed by atoms with E-state index in [0.29, 0.717) is 25.5 Å². The molecule has 1 aliphatic rings. The third-order valence-electron chi connectivity index (χ3n) is 3.79. The van der Waals surface area contributed by atoms with Crippen molar-refractivity contribution in [1.29, 1.82) is 0 Å². The molecule has 3 rings (SSSR count). The van der Waals surface area contributed by atoms with Gasteiger partial charge in [-0.3, -0.25) is 0 Å². The van der Waals surface area contributed by atoms with Crippen molar-refractivity contribution in [2.45, 2.75) is 25.9 Å². The number of nitrogens with zero attached hydrogens (tertiary/aromatic N) is 1. The second-order valence-corrected chi connectivity index (χ2v) is 7.92. The molecule has 1 unspecified atom stereocenters. The van der Waals surface area contributed by atoms with Gasteiger partial charge in [0.05, 0.1) is 11.5 Å². The molecule has 0 bridgehead atoms. The quantitative estimate of drug-likeness (QED) is 0.656. The summed E-state index contributed by atoms with van der Waals surface area (Å²) >= 11 is 0. The van der Waals surface area contributed by atoms with E-state index in [-0.39, 0.29) is 17.5 Å². The highest BCUT2D eigenvalue weighted by Crippen LogP contribution is 2.19. The number of hydrogen-bond acceptors (Lipinski definition) is 4. The number of rotatable bonds is 4. The molecule has 0 saturated carbocycles. The Kier molecular flexibility index (Phi) is 4.56. The summed E-state index contributed by atoms with van der Waals surface area (Å²) in [6.45, 7) is 3.10. The second-order valence-electron chi connectivity index (χ2n) is 5.69. The maximum absolute atomic E-state index is 11.5. The fourth-order valence-electron chi connectivity index (χ4n) is 2.69. The number of para-hydroxylation sites is 1. The number of hydrogen-bond donors (Lipinski definition) is 2. The van der Waals surface area contributed by atoms with Crippen LogP contribution in [0.25, 0.3) is 11.0 Å². The molecule has 0 radical (unpaired) electrons. The lowest BCUT2D eigenvalue weighted by atomic mass is 10.2. The van der Waals surface area contributed by atoms with Crippen LogP contribution < -0.4 is 10.6 Å². The zero-order chi connectivity index (χ0) is 16.3. The van der Waals surface area contributed by atoms with Crippen LogP contribution in [0.15, 0.2) is 39.7 Å². The smallest absolute Gasteiger partial charge is 0.191 e. The number of aliphatic imine (C=N–C) groups is 1. The number of fused-ring (bicyclic) bond motifs is 1. The van der Waals surface area contributed by atoms with Crippen molar-refractivity contribution < 1.29 is 12.8 Å². The van der Waals surface area contributed by atoms with Crippen molar-refractivity contribution in [2.24, 2.45) is 4.99 Å². The van der Waals surface area contributed by atoms with Crippen molar-refractivity contribution in [3.8, 4) is 0 Å². The van der Waals surface area contributed by atoms with Gasteiger partial charge in [-0.15, -0.1) is 0 Å². The first-order chi connectivity index (χ1) is 11.1. The van der Waals surface area contributed by atoms with Crippen LogP contribution in [-0.4, -0.2) is 38.5 Å². The largest absolute Gasteiger partial charge is 0.459 e. The van der Waals surface area contributed by atoms with Crippen LogP contribution in [-0.2, 0) is 16.4 Å². The number of furan rings is 1. The molecule has 1 aromatic carbocycles. The van der Waals surface area contributed by atoms with Crippen LogP contribution in [0.3, 0.4) is 0 Å². The Morgan fingerprint density at radius 3 is 2.91 bits per heavy atom. The molecular formula is C16H21N3O3S. The first-order valence-electron chi connectivity index (χ1n) is 7.78. The number of nitrogens with one attached hydrogen (secondary N) is 2. The molecule has 2 heterocycles. The van der Waals surface area contributed by atoms with Crippen molar-refractivity contribution in [1.82, 2.24) is 10.6 Å². The molecule has 23 heavy (non-hydrogen) atoms. The summed E-state index contributed by atoms with van der Waals surface area (Å²) in [6, 6.07) is 9.73. The van der Waals surface area contributed by atoms with Gasteiger partial charge in [0, 0.05) is 18.0 Å². The Labute approximate surface area is 135 Å². The Hall–Kier alpha value is -2.02. The highest BCUT2D eigenvalue weighted by Gasteiger charge is 2.28. The summed E-state index contributed by atoms with van der Waals surface area (Å²) in [5, 5.41) is 7.39. The summed E-state index contributed by atoms with van der Waals surface area (Å²) in [5.74, 6) is 1.81. The average Bonchev–Trinajstić information content (AvgIpc) is 3.07. The van der Waals surface area contributed by atoms with Crippen molar-refractivity contribution in [3.63, 3.8) is 0 Å². The minimum absolute atomic E-state index is 0.0755. The van der Waals surface area contributed by atoms with E-state index in [2.05, 4.69) is 15.6 Å². The highest BCUT2D eigenvalue weighted by atomic mass is 32.2. The third-order valence-corrected chi connectivity index (χ3v) is 5.56. The maximum atomic E-state index is 11.5. The Morgan fingerprint density at radius 2 is 2.22 bits per heavy atom. The van der Waals surface area contributed by atoms with Gasteiger partial charge in [0.2, 0.25) is 0 Å². The normalized spacial score (nSPS) is 20.7. The van der Waals surface area contributed by atoms with Crippen molar-refractivity contribution >= 4 is 26.8 Å². The van der Waals surface area contributed by atoms with Gasteiger partial charge in [-0.2, -0.15) is 0 Å². The molecule has 0 amide bonds. The molecule has 124 valence electrons. The molecule has 2 aromatic rings. The molecule has 0 aliphatic carbocycles. The van der Waals surface area contributed by atoms with E-state index >= 15 is 0 Å². The lowest BCUT2D eigenvalue weighted by Gasteiger charge is -2.15. The average molecular weight is 335 g/mol. The lowest BCUT2D eigenvalue weighted by Crippen LogP contribution is -2.44. The van der Waals surface area contributed by atoms with Gasteiger partial charge in [-0.05, 0) is 25.5 Å². The van der Waals surface area contributed by atoms with E-state index in [0.717, 1.165) is 16.7 Å². The van der Waals surface area contributed by atoms with E-state index in [1.807, 2.05) is 37.3 Å². The molecule has 6 nitrogen and oxygen atoms in total. The van der Waals surface area contributed by atoms with Gasteiger partial charge in [0.15, 0.2) is 15.8 Å². The van der Waals surface area contributed by atoms with Gasteiger partial charge in [-0.25, -0.2) is 13.4 Å². The van der Waals surface area contributed by atoms with Crippen LogP contribution >= 0.6 is 0 Å². The predicted molar refractivity (Wildman–Crippen MR) is 91.2 cm³/mol. The van der Waals surface area contributed by atoms with Crippen LogP contribution in [0.2, 0.25) is 0 Å². The molecule has 1 atom stereocenters. The molecule has 1 saturated heterocycles. The van der Waals surface area contributed by atoms with E-state index in [9.17, 15) is 8.42 Å². The fraction of sp³-hybridized carbons (Fsp3) is 0.438. The Balaban J connectivity index is 1.68. The first kappa shape index (κ1) is 15.9. The van der Waals surface area contributed by atoms with Gasteiger partial charge in [0.25, 0.3) is 0 Å². The van der Waals surface area contributed by atoms with Crippen molar-refractivity contribution in [2.75, 3.05) is 18.1 Å². The summed E-state index contributed by atoms with van der Waals surface area (Å²) < 4.78 is 28.8. The van der Waals surface area contributed by atoms with E-state index in [4.69, 9.17) is 4.42 Å². The third kappa shape index (κ3) is 4.04. The van der Waals surface area contributed by atoms with E-state index in [1.165, 1.54) is 0 Å². The van der Waals surface area contributed by atoms with E-state index < -0.39 is 9.84 Å². The number of benzene rings is 1. The monoisotopic (exact) mass is 335 g/mol. The minimum atomic E-state index is -2.90. The molecule has 1 aliphatic heterocycles. The molecule has 0 spiro atoms. The summed E-state index contributed by atoms with van der Waals surface area (Å²) in [5.41, 5.74) is 0.845. The first-order valence-corrected chi connectivity index (χ1v) is 9.60. The van der Waals surface area contributed by atoms with Crippen LogP contribution in [0.5, 0.6) is 0 Å². The highest BCUT2D eigenvalue weighted by molar-refractivity contribution is 7.91. The maximum Gasteiger partial charge on any atom is 0.191 e. The van der Waals surface area contributed by atoms with E-state index in [1.54, 1.807) is 0 Å². The van der Waals surface area contributed by atoms with Crippen molar-refractivity contribution in [3.05, 3.63) is 36.1 Å². The molecular weight excluding hydrogens is 314 g/mol. The SMILES string of the molecule is CCNC(=NCc1cc2ccccc2o1)NC1CCS(=O)(=O)C1. The minimum Gasteiger partial charge on any atom is -0.459 e. The summed E-state index contributed by atoms with van der Waals surface area (Å²) in [6.07, 6.45) is 0.622. The van der Waals surface area contributed by atoms with Crippen LogP contribution in [0, 0.1) is 0 Å². The zero-order valence-corrected chi connectivity index (χ0v) is 13.9. The summed E-state index contributed by atoms with van der Waals surface area (Å²) in [7, 11) is -2.90. The van der Waals surface area contributed by atoms with Crippen LogP contribution in [0.1, 0.15) is 19.1 Å². The van der Waals surface area contributed by atoms with Gasteiger partial charge in [-0.1, -0.05) is 18.2 Å². The van der Waals surface area contributed by atoms with Gasteiger partial charge >= 0.3 is 0 Å². The molecule has 7 heteroatoms. The number of guanidine groups is 1. The zero-order valence-electron chi connectivity index (χ0n) is 13.1. The summed E-state index contributed by atoms with van der Waals surface area (Å²) in [4.78, 5) is 4.50. The molecule has 2 N–H and O–H groups in total. The number of sulfone groups is 1. The van der Waals surface area contributed by atoms with Gasteiger partial charge in [0.1, 0.15) is 17.9 Å². The Morgan fingerprint density at radius 1 is 1.39 bits per heavy atom. The molecule has 1 aromatic heterocycles. The standard InChI is InChI=1S/C16H21N3O3S/c1-2-17-16(19-13-7-8-23(20,21)11-13)18-10-14-9-12-5-3-4-6-15(12)22-14/h3-6,9,13H,2,7-8,10-11H2,1H3,(H2,17,18,19). The molecule has 1 fully saturated rings. The van der Waals surface area contributed by atoms with Crippen LogP contribution in [0.4, 0.5) is 0 Å².